The molecule has 1 aromatic heterocycles. The molecule has 1 aliphatic rings. The summed E-state index contributed by atoms with van der Waals surface area (Å²) in [6.07, 6.45) is 16.0. The van der Waals surface area contributed by atoms with Crippen LogP contribution in [0, 0.1) is 25.7 Å². The Morgan fingerprint density at radius 1 is 0.778 bits per heavy atom. The molecule has 4 N–H and O–H groups in total. The standard InChI is InChI=1S/C48H84NO13P/c1-8-10-17-23-38(50)28-29-41-42(44(53)33-43(41)52)32-39(51)24-20-21-27-48(55)61-40(35-60-63(56,57)59-31-30-49(5,6)7)34-58-47(54)26-19-16-14-12-11-13-15-18-25-46-37(4)36(3)45(62-46)22-9-2/h28-29,38,40-44,50,52-53H,8-27,30-35H2,1-7H3/p+1/b29-28+/t38-,40+,41+,42+,43+,44-/m0/s1. The minimum atomic E-state index is -4.49. The van der Waals surface area contributed by atoms with Gasteiger partial charge in [-0.3, -0.25) is 23.4 Å². The van der Waals surface area contributed by atoms with Gasteiger partial charge in [0.15, 0.2) is 6.10 Å². The van der Waals surface area contributed by atoms with Crippen molar-refractivity contribution in [3.63, 3.8) is 0 Å². The van der Waals surface area contributed by atoms with Gasteiger partial charge in [-0.15, -0.1) is 0 Å². The maximum absolute atomic E-state index is 12.9. The molecule has 7 atom stereocenters. The molecule has 15 heteroatoms. The lowest BCUT2D eigenvalue weighted by Crippen LogP contribution is -2.37. The third kappa shape index (κ3) is 24.6. The van der Waals surface area contributed by atoms with Crippen LogP contribution in [0.1, 0.15) is 165 Å². The molecule has 14 nitrogen and oxygen atoms in total. The Kier molecular flexibility index (Phi) is 27.7. The number of aliphatic hydroxyl groups is 3. The van der Waals surface area contributed by atoms with E-state index in [0.717, 1.165) is 95.0 Å². The summed E-state index contributed by atoms with van der Waals surface area (Å²) >= 11 is 0. The number of carbonyl (C=O) groups is 3. The van der Waals surface area contributed by atoms with Crippen LogP contribution in [0.4, 0.5) is 0 Å². The molecule has 364 valence electrons. The van der Waals surface area contributed by atoms with Crippen LogP contribution in [0.2, 0.25) is 0 Å². The molecular weight excluding hydrogens is 829 g/mol. The predicted octanol–water partition coefficient (Wildman–Crippen LogP) is 8.57. The fraction of sp³-hybridized carbons (Fsp3) is 0.812. The fourth-order valence-electron chi connectivity index (χ4n) is 7.88. The van der Waals surface area contributed by atoms with Gasteiger partial charge in [0.1, 0.15) is 37.1 Å². The van der Waals surface area contributed by atoms with Crippen LogP contribution in [-0.4, -0.2) is 114 Å². The molecule has 0 spiro atoms. The Balaban J connectivity index is 1.76. The maximum Gasteiger partial charge on any atom is 0.472 e. The van der Waals surface area contributed by atoms with Gasteiger partial charge in [-0.2, -0.15) is 0 Å². The maximum atomic E-state index is 12.9. The Morgan fingerprint density at radius 3 is 2.03 bits per heavy atom. The zero-order valence-corrected chi connectivity index (χ0v) is 40.8. The molecule has 1 fully saturated rings. The molecule has 1 saturated carbocycles. The van der Waals surface area contributed by atoms with Crippen LogP contribution in [0.3, 0.4) is 0 Å². The Bertz CT molecular complexity index is 1540. The summed E-state index contributed by atoms with van der Waals surface area (Å²) in [6.45, 7) is 8.07. The van der Waals surface area contributed by atoms with E-state index in [1.807, 2.05) is 21.1 Å². The first-order valence-corrected chi connectivity index (χ1v) is 25.4. The zero-order valence-electron chi connectivity index (χ0n) is 39.9. The van der Waals surface area contributed by atoms with E-state index in [9.17, 15) is 39.2 Å². The number of Topliss-reactive ketones (excluding diaryl/α,β-unsaturated/α-hetero) is 1. The monoisotopic (exact) mass is 915 g/mol. The molecule has 2 rings (SSSR count). The number of nitrogens with zero attached hydrogens (tertiary/aromatic N) is 1. The van der Waals surface area contributed by atoms with E-state index in [0.29, 0.717) is 36.7 Å². The van der Waals surface area contributed by atoms with Crippen LogP contribution >= 0.6 is 7.82 Å². The van der Waals surface area contributed by atoms with Gasteiger partial charge in [0, 0.05) is 56.8 Å². The van der Waals surface area contributed by atoms with Gasteiger partial charge in [0.05, 0.1) is 46.1 Å². The fourth-order valence-corrected chi connectivity index (χ4v) is 8.62. The molecule has 0 amide bonds. The normalized spacial score (nSPS) is 19.9. The van der Waals surface area contributed by atoms with Crippen molar-refractivity contribution in [1.82, 2.24) is 0 Å². The second kappa shape index (κ2) is 30.7. The molecule has 0 aliphatic heterocycles. The number of phosphoric acid groups is 1. The highest BCUT2D eigenvalue weighted by Crippen LogP contribution is 2.43. The lowest BCUT2D eigenvalue weighted by Gasteiger charge is -2.24. The van der Waals surface area contributed by atoms with Gasteiger partial charge in [-0.1, -0.05) is 83.8 Å². The molecule has 0 radical (unpaired) electrons. The first kappa shape index (κ1) is 56.7. The molecule has 0 saturated heterocycles. The van der Waals surface area contributed by atoms with Gasteiger partial charge >= 0.3 is 19.8 Å². The molecule has 1 aliphatic carbocycles. The molecule has 0 aromatic carbocycles. The number of furan rings is 1. The molecule has 1 aromatic rings. The average Bonchev–Trinajstić information content (AvgIpc) is 3.63. The van der Waals surface area contributed by atoms with Gasteiger partial charge in [-0.25, -0.2) is 4.57 Å². The largest absolute Gasteiger partial charge is 0.472 e. The minimum Gasteiger partial charge on any atom is -0.466 e. The van der Waals surface area contributed by atoms with E-state index >= 15 is 0 Å². The third-order valence-corrected chi connectivity index (χ3v) is 12.9. The Hall–Kier alpha value is -2.42. The first-order chi connectivity index (χ1) is 29.9. The number of esters is 2. The van der Waals surface area contributed by atoms with Crippen molar-refractivity contribution in [3.8, 4) is 0 Å². The van der Waals surface area contributed by atoms with Crippen LogP contribution in [-0.2, 0) is 50.3 Å². The van der Waals surface area contributed by atoms with Crippen LogP contribution in [0.15, 0.2) is 16.6 Å². The Labute approximate surface area is 378 Å². The lowest BCUT2D eigenvalue weighted by molar-refractivity contribution is -0.870. The Morgan fingerprint density at radius 2 is 1.38 bits per heavy atom. The van der Waals surface area contributed by atoms with Crippen molar-refractivity contribution in [1.29, 1.82) is 0 Å². The number of ketones is 1. The number of ether oxygens (including phenoxy) is 2. The van der Waals surface area contributed by atoms with E-state index < -0.39 is 62.6 Å². The van der Waals surface area contributed by atoms with Crippen molar-refractivity contribution < 1.29 is 66.6 Å². The van der Waals surface area contributed by atoms with Crippen molar-refractivity contribution in [3.05, 3.63) is 34.8 Å². The average molecular weight is 915 g/mol. The highest BCUT2D eigenvalue weighted by molar-refractivity contribution is 7.47. The number of unbranched alkanes of at least 4 members (excludes halogenated alkanes) is 10. The van der Waals surface area contributed by atoms with E-state index in [1.165, 1.54) is 11.1 Å². The highest BCUT2D eigenvalue weighted by atomic mass is 31.2. The van der Waals surface area contributed by atoms with Crippen molar-refractivity contribution >= 4 is 25.5 Å². The summed E-state index contributed by atoms with van der Waals surface area (Å²) in [5, 5.41) is 31.4. The van der Waals surface area contributed by atoms with Crippen molar-refractivity contribution in [2.75, 3.05) is 47.5 Å². The quantitative estimate of drug-likeness (QED) is 0.0164. The minimum absolute atomic E-state index is 0.0412. The summed E-state index contributed by atoms with van der Waals surface area (Å²) in [7, 11) is 1.23. The SMILES string of the molecule is CCCCC[C@H](O)/C=C/[C@@H]1[C@@H](CC(=O)CCCCC(=O)O[C@H](COC(=O)CCCCCCCCCCc2oc(CCC)c(C)c2C)COP(=O)(O)OCC[N+](C)(C)C)[C@@H](O)C[C@H]1O. The topological polar surface area (TPSA) is 199 Å². The van der Waals surface area contributed by atoms with Crippen LogP contribution < -0.4 is 0 Å². The summed E-state index contributed by atoms with van der Waals surface area (Å²) in [4.78, 5) is 48.7. The lowest BCUT2D eigenvalue weighted by atomic mass is 9.87. The number of quaternary nitrogens is 1. The van der Waals surface area contributed by atoms with Crippen molar-refractivity contribution in [2.24, 2.45) is 11.8 Å². The number of rotatable bonds is 36. The summed E-state index contributed by atoms with van der Waals surface area (Å²) in [5.74, 6) is 0.135. The van der Waals surface area contributed by atoms with Gasteiger partial charge in [-0.05, 0) is 63.5 Å². The van der Waals surface area contributed by atoms with Gasteiger partial charge < -0.3 is 38.6 Å². The number of likely N-dealkylation sites (N-methyl/N-ethyl adjacent to an activating group) is 1. The van der Waals surface area contributed by atoms with Gasteiger partial charge in [0.2, 0.25) is 0 Å². The second-order valence-corrected chi connectivity index (χ2v) is 20.1. The number of aliphatic hydroxyl groups excluding tert-OH is 3. The third-order valence-electron chi connectivity index (χ3n) is 12.0. The predicted molar refractivity (Wildman–Crippen MR) is 244 cm³/mol. The molecular formula is C48H85NO13P+. The number of carbonyl (C=O) groups excluding carboxylic acids is 3. The summed E-state index contributed by atoms with van der Waals surface area (Å²) in [5.41, 5.74) is 2.59. The smallest absolute Gasteiger partial charge is 0.466 e. The van der Waals surface area contributed by atoms with Crippen LogP contribution in [0.5, 0.6) is 0 Å². The van der Waals surface area contributed by atoms with Gasteiger partial charge in [0.25, 0.3) is 0 Å². The number of phosphoric ester groups is 1. The molecule has 63 heavy (non-hydrogen) atoms. The molecule has 1 unspecified atom stereocenters. The van der Waals surface area contributed by atoms with E-state index in [4.69, 9.17) is 22.9 Å². The van der Waals surface area contributed by atoms with E-state index in [1.54, 1.807) is 12.2 Å². The molecule has 1 heterocycles. The number of hydrogen-bond donors (Lipinski definition) is 4. The van der Waals surface area contributed by atoms with Crippen LogP contribution in [0.25, 0.3) is 0 Å². The second-order valence-electron chi connectivity index (χ2n) is 18.7. The summed E-state index contributed by atoms with van der Waals surface area (Å²) in [6, 6.07) is 0. The van der Waals surface area contributed by atoms with Crippen molar-refractivity contribution in [2.45, 2.75) is 193 Å². The zero-order chi connectivity index (χ0) is 46.8. The number of aryl methyl sites for hydroxylation is 2. The summed E-state index contributed by atoms with van der Waals surface area (Å²) < 4.78 is 40.4. The first-order valence-electron chi connectivity index (χ1n) is 23.9. The van der Waals surface area contributed by atoms with E-state index in [2.05, 4.69) is 27.7 Å². The highest BCUT2D eigenvalue weighted by Gasteiger charge is 2.41. The van der Waals surface area contributed by atoms with E-state index in [-0.39, 0.29) is 51.1 Å². The number of hydrogen-bond acceptors (Lipinski definition) is 12. The molecule has 0 bridgehead atoms.